The highest BCUT2D eigenvalue weighted by Gasteiger charge is 2.28. The van der Waals surface area contributed by atoms with Gasteiger partial charge in [-0.05, 0) is 57.5 Å². The van der Waals surface area contributed by atoms with Crippen LogP contribution in [0, 0.1) is 11.6 Å². The summed E-state index contributed by atoms with van der Waals surface area (Å²) in [5.74, 6) is -6.02. The summed E-state index contributed by atoms with van der Waals surface area (Å²) in [6.45, 7) is 24.1. The molecule has 0 bridgehead atoms. The molecule has 0 aliphatic rings. The number of rotatable bonds is 9. The Hall–Kier alpha value is -5.05. The first-order valence-electron chi connectivity index (χ1n) is 11.7. The predicted molar refractivity (Wildman–Crippen MR) is 147 cm³/mol. The van der Waals surface area contributed by atoms with Crippen LogP contribution < -0.4 is 18.9 Å². The molecule has 0 atom stereocenters. The van der Waals surface area contributed by atoms with Crippen molar-refractivity contribution >= 4 is 39.5 Å². The molecule has 0 N–H and O–H groups in total. The smallest absolute Gasteiger partial charge is 0.338 e. The molecule has 0 saturated carbocycles. The van der Waals surface area contributed by atoms with Crippen LogP contribution in [0.3, 0.4) is 0 Å². The fourth-order valence-corrected chi connectivity index (χ4v) is 3.36. The lowest BCUT2D eigenvalue weighted by atomic mass is 9.98. The van der Waals surface area contributed by atoms with Crippen molar-refractivity contribution in [2.75, 3.05) is 0 Å². The molecule has 3 aromatic carbocycles. The molecule has 0 heterocycles. The number of hydrogen-bond donors (Lipinski definition) is 0. The summed E-state index contributed by atoms with van der Waals surface area (Å²) in [6.07, 6.45) is 0. The second-order valence-electron chi connectivity index (χ2n) is 9.10. The van der Waals surface area contributed by atoms with Crippen molar-refractivity contribution in [1.29, 1.82) is 0 Å². The molecule has 0 radical (unpaired) electrons. The Morgan fingerprint density at radius 3 is 1.27 bits per heavy atom. The van der Waals surface area contributed by atoms with Gasteiger partial charge in [0.25, 0.3) is 0 Å². The molecule has 7 nitrogen and oxygen atoms in total. The monoisotopic (exact) mass is 548 g/mol. The van der Waals surface area contributed by atoms with Gasteiger partial charge < -0.3 is 18.9 Å². The van der Waals surface area contributed by atoms with Crippen molar-refractivity contribution in [3.63, 3.8) is 0 Å². The summed E-state index contributed by atoms with van der Waals surface area (Å²) >= 11 is 0. The van der Waals surface area contributed by atoms with Gasteiger partial charge in [-0.15, -0.1) is 0 Å². The Balaban J connectivity index is 2.67. The SMILES string of the molecule is C=C(C)C(=C)Oc1ccc(OC(=O)C(=C)C)c2c(OC(=O)C(=C)C)c3cc(F)c(F)cc3c(OC(=O)C(=C)C)c12. The van der Waals surface area contributed by atoms with Crippen molar-refractivity contribution in [2.24, 2.45) is 0 Å². The molecule has 0 amide bonds. The predicted octanol–water partition coefficient (Wildman–Crippen LogP) is 7.18. The minimum atomic E-state index is -1.29. The van der Waals surface area contributed by atoms with Gasteiger partial charge in [0, 0.05) is 27.5 Å². The molecule has 3 rings (SSSR count). The first kappa shape index (κ1) is 29.5. The van der Waals surface area contributed by atoms with Gasteiger partial charge in [-0.3, -0.25) is 0 Å². The molecule has 206 valence electrons. The largest absolute Gasteiger partial charge is 0.457 e. The third kappa shape index (κ3) is 5.83. The summed E-state index contributed by atoms with van der Waals surface area (Å²) in [6, 6.07) is 4.21. The van der Waals surface area contributed by atoms with E-state index < -0.39 is 29.5 Å². The van der Waals surface area contributed by atoms with E-state index in [0.29, 0.717) is 5.57 Å². The minimum Gasteiger partial charge on any atom is -0.457 e. The normalized spacial score (nSPS) is 10.6. The fourth-order valence-electron chi connectivity index (χ4n) is 3.36. The molecule has 0 unspecified atom stereocenters. The number of fused-ring (bicyclic) bond motifs is 2. The maximum atomic E-state index is 14.6. The molecule has 0 spiro atoms. The lowest BCUT2D eigenvalue weighted by Crippen LogP contribution is -2.13. The number of halogens is 2. The summed E-state index contributed by atoms with van der Waals surface area (Å²) in [7, 11) is 0. The number of benzene rings is 3. The summed E-state index contributed by atoms with van der Waals surface area (Å²) < 4.78 is 51.9. The van der Waals surface area contributed by atoms with Gasteiger partial charge in [0.2, 0.25) is 0 Å². The van der Waals surface area contributed by atoms with Gasteiger partial charge in [0.15, 0.2) is 23.1 Å². The van der Waals surface area contributed by atoms with Crippen LogP contribution in [-0.2, 0) is 14.4 Å². The zero-order valence-corrected chi connectivity index (χ0v) is 22.5. The third-order valence-electron chi connectivity index (χ3n) is 5.48. The van der Waals surface area contributed by atoms with E-state index in [4.69, 9.17) is 18.9 Å². The van der Waals surface area contributed by atoms with E-state index in [2.05, 4.69) is 32.9 Å². The Morgan fingerprint density at radius 1 is 0.575 bits per heavy atom. The Labute approximate surface area is 229 Å². The van der Waals surface area contributed by atoms with Gasteiger partial charge in [-0.1, -0.05) is 32.9 Å². The van der Waals surface area contributed by atoms with Crippen LogP contribution in [0.1, 0.15) is 27.7 Å². The maximum Gasteiger partial charge on any atom is 0.338 e. The van der Waals surface area contributed by atoms with Crippen LogP contribution in [0.4, 0.5) is 8.78 Å². The molecule has 0 aliphatic carbocycles. The number of hydrogen-bond acceptors (Lipinski definition) is 7. The standard InChI is InChI=1S/C31H26F2O7/c1-14(2)18(9)37-23-10-11-24(38-29(34)15(3)4)26-25(23)27(39-30(35)16(5)6)19-12-21(32)22(33)13-20(19)28(26)40-31(36)17(7)8/h10-13H,1,3,5,7,9H2,2,4,6,8H3. The molecule has 40 heavy (non-hydrogen) atoms. The van der Waals surface area contributed by atoms with Crippen LogP contribution in [0.5, 0.6) is 23.0 Å². The Kier molecular flexibility index (Phi) is 8.38. The van der Waals surface area contributed by atoms with E-state index in [1.165, 1.54) is 32.9 Å². The second-order valence-corrected chi connectivity index (χ2v) is 9.10. The minimum absolute atomic E-state index is 0.0136. The average Bonchev–Trinajstić information content (AvgIpc) is 2.87. The van der Waals surface area contributed by atoms with Crippen molar-refractivity contribution < 1.29 is 42.1 Å². The zero-order valence-electron chi connectivity index (χ0n) is 22.5. The highest BCUT2D eigenvalue weighted by molar-refractivity contribution is 6.18. The van der Waals surface area contributed by atoms with Crippen LogP contribution in [-0.4, -0.2) is 17.9 Å². The van der Waals surface area contributed by atoms with Crippen molar-refractivity contribution in [3.8, 4) is 23.0 Å². The second kappa shape index (κ2) is 11.4. The Morgan fingerprint density at radius 2 is 0.925 bits per heavy atom. The number of carbonyl (C=O) groups excluding carboxylic acids is 3. The number of allylic oxidation sites excluding steroid dienone is 1. The van der Waals surface area contributed by atoms with Gasteiger partial charge in [-0.25, -0.2) is 23.2 Å². The highest BCUT2D eigenvalue weighted by atomic mass is 19.2. The van der Waals surface area contributed by atoms with Crippen molar-refractivity contribution in [3.05, 3.63) is 96.8 Å². The summed E-state index contributed by atoms with van der Waals surface area (Å²) in [5, 5.41) is -0.583. The lowest BCUT2D eigenvalue weighted by molar-refractivity contribution is -0.131. The first-order chi connectivity index (χ1) is 18.6. The molecular weight excluding hydrogens is 522 g/mol. The number of carbonyl (C=O) groups is 3. The van der Waals surface area contributed by atoms with Crippen LogP contribution in [0.25, 0.3) is 21.5 Å². The van der Waals surface area contributed by atoms with E-state index in [0.717, 1.165) is 12.1 Å². The molecule has 0 saturated heterocycles. The van der Waals surface area contributed by atoms with Crippen molar-refractivity contribution in [1.82, 2.24) is 0 Å². The van der Waals surface area contributed by atoms with Gasteiger partial charge in [0.1, 0.15) is 17.3 Å². The maximum absolute atomic E-state index is 14.6. The average molecular weight is 549 g/mol. The zero-order chi connectivity index (χ0) is 30.0. The molecular formula is C31H26F2O7. The quantitative estimate of drug-likeness (QED) is 0.0699. The molecule has 0 aliphatic heterocycles. The number of esters is 3. The van der Waals surface area contributed by atoms with Crippen LogP contribution in [0.2, 0.25) is 0 Å². The van der Waals surface area contributed by atoms with Gasteiger partial charge >= 0.3 is 17.9 Å². The lowest BCUT2D eigenvalue weighted by Gasteiger charge is -2.21. The fraction of sp³-hybridized carbons (Fsp3) is 0.129. The van der Waals surface area contributed by atoms with Gasteiger partial charge in [0.05, 0.1) is 10.8 Å². The van der Waals surface area contributed by atoms with Crippen LogP contribution >= 0.6 is 0 Å². The van der Waals surface area contributed by atoms with Crippen LogP contribution in [0.15, 0.2) is 85.2 Å². The van der Waals surface area contributed by atoms with Crippen molar-refractivity contribution in [2.45, 2.75) is 27.7 Å². The number of ether oxygens (including phenoxy) is 4. The molecule has 9 heteroatoms. The molecule has 3 aromatic rings. The first-order valence-corrected chi connectivity index (χ1v) is 11.7. The Bertz CT molecular complexity index is 1570. The van der Waals surface area contributed by atoms with E-state index >= 15 is 0 Å². The van der Waals surface area contributed by atoms with E-state index in [-0.39, 0.29) is 67.0 Å². The topological polar surface area (TPSA) is 88.1 Å². The third-order valence-corrected chi connectivity index (χ3v) is 5.48. The van der Waals surface area contributed by atoms with E-state index in [1.54, 1.807) is 6.92 Å². The molecule has 0 fully saturated rings. The summed E-state index contributed by atoms with van der Waals surface area (Å²) in [4.78, 5) is 38.0. The molecule has 0 aromatic heterocycles. The van der Waals surface area contributed by atoms with E-state index in [9.17, 15) is 23.2 Å². The highest BCUT2D eigenvalue weighted by Crippen LogP contribution is 2.51. The summed E-state index contributed by atoms with van der Waals surface area (Å²) in [5.41, 5.74) is 0.437. The van der Waals surface area contributed by atoms with E-state index in [1.807, 2.05) is 0 Å². The van der Waals surface area contributed by atoms with Gasteiger partial charge in [-0.2, -0.15) is 0 Å².